The summed E-state index contributed by atoms with van der Waals surface area (Å²) in [6.07, 6.45) is 1.52. The quantitative estimate of drug-likeness (QED) is 0.442. The average molecular weight is 332 g/mol. The molecule has 0 aromatic heterocycles. The summed E-state index contributed by atoms with van der Waals surface area (Å²) in [4.78, 5) is 35.1. The van der Waals surface area contributed by atoms with Gasteiger partial charge in [0, 0.05) is 24.8 Å². The summed E-state index contributed by atoms with van der Waals surface area (Å²) >= 11 is 0. The minimum atomic E-state index is -0.957. The van der Waals surface area contributed by atoms with E-state index in [9.17, 15) is 14.4 Å². The Hall–Kier alpha value is -2.93. The highest BCUT2D eigenvalue weighted by Crippen LogP contribution is 2.22. The molecule has 0 fully saturated rings. The zero-order valence-corrected chi connectivity index (χ0v) is 13.1. The van der Waals surface area contributed by atoms with Gasteiger partial charge in [-0.25, -0.2) is 9.59 Å². The van der Waals surface area contributed by atoms with Crippen molar-refractivity contribution in [2.45, 2.75) is 12.4 Å². The van der Waals surface area contributed by atoms with Crippen LogP contribution < -0.4 is 0 Å². The van der Waals surface area contributed by atoms with Gasteiger partial charge in [0.05, 0.1) is 7.11 Å². The zero-order valence-electron chi connectivity index (χ0n) is 13.1. The van der Waals surface area contributed by atoms with Crippen molar-refractivity contribution in [1.82, 2.24) is 0 Å². The van der Waals surface area contributed by atoms with Gasteiger partial charge in [-0.05, 0) is 6.08 Å². The van der Waals surface area contributed by atoms with Crippen molar-refractivity contribution >= 4 is 17.7 Å². The van der Waals surface area contributed by atoms with E-state index in [1.807, 2.05) is 0 Å². The van der Waals surface area contributed by atoms with Crippen molar-refractivity contribution in [3.8, 4) is 0 Å². The van der Waals surface area contributed by atoms with Gasteiger partial charge in [0.25, 0.3) is 0 Å². The second-order valence-electron chi connectivity index (χ2n) is 4.71. The maximum absolute atomic E-state index is 11.9. The van der Waals surface area contributed by atoms with E-state index in [4.69, 9.17) is 14.2 Å². The number of carbonyl (C=O) groups is 3. The van der Waals surface area contributed by atoms with Crippen LogP contribution in [-0.4, -0.2) is 44.3 Å². The fourth-order valence-electron chi connectivity index (χ4n) is 1.96. The molecular formula is C17H16O7. The molecule has 7 heteroatoms. The first-order valence-corrected chi connectivity index (χ1v) is 7.03. The van der Waals surface area contributed by atoms with Gasteiger partial charge in [0.2, 0.25) is 12.0 Å². The monoisotopic (exact) mass is 332 g/mol. The number of allylic oxidation sites excluding steroid dienone is 1. The van der Waals surface area contributed by atoms with Crippen molar-refractivity contribution in [1.29, 1.82) is 0 Å². The molecular weight excluding hydrogens is 316 g/mol. The summed E-state index contributed by atoms with van der Waals surface area (Å²) in [5.41, 5.74) is 0.452. The Morgan fingerprint density at radius 3 is 2.42 bits per heavy atom. The maximum atomic E-state index is 11.9. The average Bonchev–Trinajstić information content (AvgIpc) is 3.02. The molecule has 1 heterocycles. The van der Waals surface area contributed by atoms with Gasteiger partial charge in [0.1, 0.15) is 0 Å². The molecule has 0 saturated carbocycles. The van der Waals surface area contributed by atoms with E-state index in [1.54, 1.807) is 30.3 Å². The van der Waals surface area contributed by atoms with Crippen molar-refractivity contribution in [3.05, 3.63) is 59.9 Å². The number of ketones is 1. The number of esters is 2. The predicted octanol–water partition coefficient (Wildman–Crippen LogP) is 1.40. The molecule has 2 rings (SSSR count). The third-order valence-electron chi connectivity index (χ3n) is 3.13. The second kappa shape index (κ2) is 8.07. The van der Waals surface area contributed by atoms with Gasteiger partial charge in [-0.2, -0.15) is 0 Å². The van der Waals surface area contributed by atoms with Crippen LogP contribution in [-0.2, 0) is 28.5 Å². The van der Waals surface area contributed by atoms with E-state index in [-0.39, 0.29) is 11.5 Å². The van der Waals surface area contributed by atoms with E-state index in [2.05, 4.69) is 4.74 Å². The lowest BCUT2D eigenvalue weighted by Gasteiger charge is -2.16. The maximum Gasteiger partial charge on any atom is 0.373 e. The molecule has 0 saturated heterocycles. The first-order chi connectivity index (χ1) is 11.5. The van der Waals surface area contributed by atoms with Crippen LogP contribution in [0.5, 0.6) is 0 Å². The van der Waals surface area contributed by atoms with Gasteiger partial charge in [-0.3, -0.25) is 4.79 Å². The van der Waals surface area contributed by atoms with Crippen LogP contribution in [0.3, 0.4) is 0 Å². The Bertz CT molecular complexity index is 675. The van der Waals surface area contributed by atoms with Crippen LogP contribution in [0, 0.1) is 0 Å². The van der Waals surface area contributed by atoms with Crippen LogP contribution in [0.1, 0.15) is 10.4 Å². The smallest absolute Gasteiger partial charge is 0.373 e. The summed E-state index contributed by atoms with van der Waals surface area (Å²) in [5.74, 6) is -1.90. The van der Waals surface area contributed by atoms with Gasteiger partial charge in [-0.1, -0.05) is 30.3 Å². The summed E-state index contributed by atoms with van der Waals surface area (Å²) in [6, 6.07) is 8.49. The Morgan fingerprint density at radius 2 is 1.79 bits per heavy atom. The van der Waals surface area contributed by atoms with Gasteiger partial charge in [-0.15, -0.1) is 0 Å². The van der Waals surface area contributed by atoms with E-state index >= 15 is 0 Å². The van der Waals surface area contributed by atoms with Crippen LogP contribution in [0.25, 0.3) is 0 Å². The summed E-state index contributed by atoms with van der Waals surface area (Å²) < 4.78 is 19.8. The number of benzene rings is 1. The number of hydrogen-bond donors (Lipinski definition) is 0. The Morgan fingerprint density at radius 1 is 1.08 bits per heavy atom. The Labute approximate surface area is 138 Å². The first-order valence-electron chi connectivity index (χ1n) is 7.03. The second-order valence-corrected chi connectivity index (χ2v) is 4.71. The number of methoxy groups -OCH3 is 2. The molecule has 0 radical (unpaired) electrons. The van der Waals surface area contributed by atoms with Crippen molar-refractivity contribution < 1.29 is 33.3 Å². The molecule has 0 aliphatic carbocycles. The normalized spacial score (nSPS) is 19.5. The number of rotatable bonds is 6. The van der Waals surface area contributed by atoms with Gasteiger partial charge < -0.3 is 18.9 Å². The molecule has 126 valence electrons. The van der Waals surface area contributed by atoms with Crippen LogP contribution in [0.2, 0.25) is 0 Å². The molecule has 1 aliphatic heterocycles. The molecule has 1 aromatic rings. The molecule has 0 unspecified atom stereocenters. The Kier molecular flexibility index (Phi) is 5.86. The van der Waals surface area contributed by atoms with Crippen LogP contribution >= 0.6 is 0 Å². The largest absolute Gasteiger partial charge is 0.463 e. The fourth-order valence-corrected chi connectivity index (χ4v) is 1.96. The highest BCUT2D eigenvalue weighted by molar-refractivity contribution is 6.06. The first kappa shape index (κ1) is 17.4. The number of carbonyl (C=O) groups excluding carboxylic acids is 3. The standard InChI is InChI=1S/C17H16O7/c1-21-16(20)13-10-14(17(22-2)24-13)23-15(19)9-8-12(18)11-6-4-3-5-7-11/h3-10,14,17H,1-2H3/b9-8+/t14-,17-/m1/s1. The zero-order chi connectivity index (χ0) is 17.5. The highest BCUT2D eigenvalue weighted by Gasteiger charge is 2.35. The molecule has 0 spiro atoms. The minimum absolute atomic E-state index is 0.105. The lowest BCUT2D eigenvalue weighted by molar-refractivity contribution is -0.169. The molecule has 0 bridgehead atoms. The Balaban J connectivity index is 1.98. The lowest BCUT2D eigenvalue weighted by Crippen LogP contribution is -2.28. The molecule has 24 heavy (non-hydrogen) atoms. The third-order valence-corrected chi connectivity index (χ3v) is 3.13. The van der Waals surface area contributed by atoms with Crippen molar-refractivity contribution in [2.24, 2.45) is 0 Å². The number of ether oxygens (including phenoxy) is 4. The van der Waals surface area contributed by atoms with E-state index in [0.717, 1.165) is 12.2 Å². The van der Waals surface area contributed by atoms with E-state index in [1.165, 1.54) is 20.3 Å². The highest BCUT2D eigenvalue weighted by atomic mass is 16.7. The van der Waals surface area contributed by atoms with E-state index in [0.29, 0.717) is 5.56 Å². The van der Waals surface area contributed by atoms with Crippen LogP contribution in [0.4, 0.5) is 0 Å². The summed E-state index contributed by atoms with van der Waals surface area (Å²) in [6.45, 7) is 0. The molecule has 0 N–H and O–H groups in total. The lowest BCUT2D eigenvalue weighted by atomic mass is 10.1. The van der Waals surface area contributed by atoms with Gasteiger partial charge in [0.15, 0.2) is 11.9 Å². The van der Waals surface area contributed by atoms with E-state index < -0.39 is 24.3 Å². The molecule has 1 aliphatic rings. The molecule has 2 atom stereocenters. The molecule has 1 aromatic carbocycles. The van der Waals surface area contributed by atoms with Gasteiger partial charge >= 0.3 is 11.9 Å². The van der Waals surface area contributed by atoms with Crippen molar-refractivity contribution in [3.63, 3.8) is 0 Å². The minimum Gasteiger partial charge on any atom is -0.463 e. The molecule has 7 nitrogen and oxygen atoms in total. The molecule has 0 amide bonds. The summed E-state index contributed by atoms with van der Waals surface area (Å²) in [5, 5.41) is 0. The van der Waals surface area contributed by atoms with Crippen molar-refractivity contribution in [2.75, 3.05) is 14.2 Å². The number of hydrogen-bond acceptors (Lipinski definition) is 7. The SMILES string of the molecule is COC(=O)C1=C[C@@H](OC(=O)/C=C/C(=O)c2ccccc2)[C@H](OC)O1. The van der Waals surface area contributed by atoms with Crippen LogP contribution in [0.15, 0.2) is 54.3 Å². The predicted molar refractivity (Wildman–Crippen MR) is 81.8 cm³/mol. The summed E-state index contributed by atoms with van der Waals surface area (Å²) in [7, 11) is 2.54. The third kappa shape index (κ3) is 4.30. The topological polar surface area (TPSA) is 88.1 Å². The fraction of sp³-hybridized carbons (Fsp3) is 0.235.